The van der Waals surface area contributed by atoms with Crippen LogP contribution >= 0.6 is 15.9 Å². The summed E-state index contributed by atoms with van der Waals surface area (Å²) in [5.74, 6) is -0.731. The molecule has 1 fully saturated rings. The van der Waals surface area contributed by atoms with Crippen molar-refractivity contribution in [2.24, 2.45) is 0 Å². The molecule has 21 heavy (non-hydrogen) atoms. The lowest BCUT2D eigenvalue weighted by Crippen LogP contribution is -2.47. The summed E-state index contributed by atoms with van der Waals surface area (Å²) in [7, 11) is 0. The number of nitrogens with one attached hydrogen (secondary N) is 1. The van der Waals surface area contributed by atoms with Crippen molar-refractivity contribution < 1.29 is 9.18 Å². The molecular weight excluding hydrogens is 335 g/mol. The van der Waals surface area contributed by atoms with Crippen molar-refractivity contribution in [2.75, 3.05) is 0 Å². The van der Waals surface area contributed by atoms with E-state index in [0.29, 0.717) is 18.4 Å². The number of hydrogen-bond donors (Lipinski definition) is 1. The van der Waals surface area contributed by atoms with Crippen molar-refractivity contribution in [3.05, 3.63) is 34.1 Å². The molecule has 0 radical (unpaired) electrons. The molecule has 0 aromatic heterocycles. The Morgan fingerprint density at radius 3 is 2.43 bits per heavy atom. The lowest BCUT2D eigenvalue weighted by atomic mass is 9.85. The Balaban J connectivity index is 2.14. The Labute approximate surface area is 132 Å². The van der Waals surface area contributed by atoms with Crippen LogP contribution in [0.1, 0.15) is 55.3 Å². The van der Waals surface area contributed by atoms with E-state index in [0.717, 1.165) is 25.7 Å². The van der Waals surface area contributed by atoms with E-state index in [1.54, 1.807) is 0 Å². The summed E-state index contributed by atoms with van der Waals surface area (Å²) in [4.78, 5) is 12.3. The number of benzene rings is 1. The summed E-state index contributed by atoms with van der Waals surface area (Å²) in [6.45, 7) is 0. The maximum absolute atomic E-state index is 13.2. The molecule has 3 nitrogen and oxygen atoms in total. The zero-order chi connectivity index (χ0) is 15.3. The molecule has 1 aromatic carbocycles. The fourth-order valence-electron chi connectivity index (χ4n) is 2.70. The van der Waals surface area contributed by atoms with Gasteiger partial charge in [0.05, 0.1) is 10.5 Å². The number of amides is 1. The van der Waals surface area contributed by atoms with Gasteiger partial charge in [0.15, 0.2) is 0 Å². The molecule has 2 rings (SSSR count). The quantitative estimate of drug-likeness (QED) is 0.861. The third-order valence-corrected chi connectivity index (χ3v) is 4.56. The highest BCUT2D eigenvalue weighted by molar-refractivity contribution is 9.10. The predicted octanol–water partition coefficient (Wildman–Crippen LogP) is 4.32. The monoisotopic (exact) mass is 352 g/mol. The molecule has 0 bridgehead atoms. The zero-order valence-corrected chi connectivity index (χ0v) is 13.4. The van der Waals surface area contributed by atoms with Gasteiger partial charge < -0.3 is 5.32 Å². The Hall–Kier alpha value is -1.41. The molecule has 1 amide bonds. The van der Waals surface area contributed by atoms with E-state index in [9.17, 15) is 14.4 Å². The summed E-state index contributed by atoms with van der Waals surface area (Å²) in [6, 6.07) is 6.42. The molecular formula is C16H18BrFN2O. The van der Waals surface area contributed by atoms with Crippen LogP contribution in [0.3, 0.4) is 0 Å². The van der Waals surface area contributed by atoms with Crippen LogP contribution in [0.15, 0.2) is 22.7 Å². The van der Waals surface area contributed by atoms with Crippen LogP contribution < -0.4 is 5.32 Å². The van der Waals surface area contributed by atoms with Gasteiger partial charge in [0.1, 0.15) is 11.4 Å². The fourth-order valence-corrected chi connectivity index (χ4v) is 3.08. The normalized spacial score (nSPS) is 18.1. The van der Waals surface area contributed by atoms with Gasteiger partial charge >= 0.3 is 0 Å². The molecule has 5 heteroatoms. The van der Waals surface area contributed by atoms with E-state index in [4.69, 9.17) is 0 Å². The minimum atomic E-state index is -0.793. The molecule has 112 valence electrons. The lowest BCUT2D eigenvalue weighted by molar-refractivity contribution is 0.0907. The summed E-state index contributed by atoms with van der Waals surface area (Å²) in [5.41, 5.74) is -0.432. The van der Waals surface area contributed by atoms with Crippen molar-refractivity contribution in [3.63, 3.8) is 0 Å². The summed E-state index contributed by atoms with van der Waals surface area (Å²) in [6.07, 6.45) is 6.64. The summed E-state index contributed by atoms with van der Waals surface area (Å²) >= 11 is 3.07. The molecule has 1 aromatic rings. The SMILES string of the molecule is N#CC1(NC(=O)c2ccc(F)c(Br)c2)CCCCCCC1. The molecule has 1 N–H and O–H groups in total. The van der Waals surface area contributed by atoms with Crippen molar-refractivity contribution in [2.45, 2.75) is 50.5 Å². The molecule has 0 atom stereocenters. The number of rotatable bonds is 2. The number of halogens is 2. The van der Waals surface area contributed by atoms with Crippen LogP contribution in [0, 0.1) is 17.1 Å². The van der Waals surface area contributed by atoms with Crippen molar-refractivity contribution in [3.8, 4) is 6.07 Å². The number of nitrogens with zero attached hydrogens (tertiary/aromatic N) is 1. The van der Waals surface area contributed by atoms with Crippen molar-refractivity contribution in [1.29, 1.82) is 5.26 Å². The van der Waals surface area contributed by atoms with Crippen molar-refractivity contribution >= 4 is 21.8 Å². The molecule has 0 saturated heterocycles. The van der Waals surface area contributed by atoms with E-state index in [1.807, 2.05) is 0 Å². The molecule has 0 spiro atoms. The Kier molecular flexibility index (Phi) is 5.35. The van der Waals surface area contributed by atoms with Crippen LogP contribution in [0.25, 0.3) is 0 Å². The first-order valence-corrected chi connectivity index (χ1v) is 8.04. The Bertz CT molecular complexity index is 560. The first-order chi connectivity index (χ1) is 10.1. The lowest BCUT2D eigenvalue weighted by Gasteiger charge is -2.29. The van der Waals surface area contributed by atoms with Gasteiger partial charge in [-0.25, -0.2) is 4.39 Å². The zero-order valence-electron chi connectivity index (χ0n) is 11.8. The molecule has 0 heterocycles. The predicted molar refractivity (Wildman–Crippen MR) is 82.2 cm³/mol. The van der Waals surface area contributed by atoms with Gasteiger partial charge in [-0.3, -0.25) is 4.79 Å². The van der Waals surface area contributed by atoms with E-state index in [2.05, 4.69) is 27.3 Å². The highest BCUT2D eigenvalue weighted by Gasteiger charge is 2.32. The second-order valence-electron chi connectivity index (χ2n) is 5.54. The van der Waals surface area contributed by atoms with E-state index in [1.165, 1.54) is 24.6 Å². The van der Waals surface area contributed by atoms with E-state index in [-0.39, 0.29) is 10.4 Å². The molecule has 0 aliphatic heterocycles. The van der Waals surface area contributed by atoms with Crippen LogP contribution in [-0.4, -0.2) is 11.4 Å². The summed E-state index contributed by atoms with van der Waals surface area (Å²) in [5, 5.41) is 12.4. The van der Waals surface area contributed by atoms with Gasteiger partial charge in [-0.15, -0.1) is 0 Å². The number of carbonyl (C=O) groups is 1. The fraction of sp³-hybridized carbons (Fsp3) is 0.500. The number of nitriles is 1. The average Bonchev–Trinajstić information content (AvgIpc) is 2.45. The van der Waals surface area contributed by atoms with Gasteiger partial charge in [0.2, 0.25) is 0 Å². The number of hydrogen-bond acceptors (Lipinski definition) is 2. The van der Waals surface area contributed by atoms with Gasteiger partial charge in [0, 0.05) is 5.56 Å². The largest absolute Gasteiger partial charge is 0.334 e. The minimum Gasteiger partial charge on any atom is -0.334 e. The van der Waals surface area contributed by atoms with Crippen molar-refractivity contribution in [1.82, 2.24) is 5.32 Å². The van der Waals surface area contributed by atoms with E-state index >= 15 is 0 Å². The molecule has 1 saturated carbocycles. The number of carbonyl (C=O) groups excluding carboxylic acids is 1. The first kappa shape index (κ1) is 16.0. The van der Waals surface area contributed by atoms with Gasteiger partial charge in [-0.2, -0.15) is 5.26 Å². The maximum atomic E-state index is 13.2. The average molecular weight is 353 g/mol. The van der Waals surface area contributed by atoms with Gasteiger partial charge in [-0.1, -0.05) is 32.1 Å². The third kappa shape index (κ3) is 4.04. The van der Waals surface area contributed by atoms with E-state index < -0.39 is 11.4 Å². The van der Waals surface area contributed by atoms with Gasteiger partial charge in [-0.05, 0) is 47.0 Å². The highest BCUT2D eigenvalue weighted by Crippen LogP contribution is 2.26. The Morgan fingerprint density at radius 1 is 1.24 bits per heavy atom. The second kappa shape index (κ2) is 7.04. The molecule has 0 unspecified atom stereocenters. The smallest absolute Gasteiger partial charge is 0.252 e. The van der Waals surface area contributed by atoms with Crippen LogP contribution in [0.5, 0.6) is 0 Å². The topological polar surface area (TPSA) is 52.9 Å². The minimum absolute atomic E-state index is 0.249. The third-order valence-electron chi connectivity index (χ3n) is 3.96. The second-order valence-corrected chi connectivity index (χ2v) is 6.40. The molecule has 1 aliphatic carbocycles. The van der Waals surface area contributed by atoms with Crippen LogP contribution in [-0.2, 0) is 0 Å². The standard InChI is InChI=1S/C16H18BrFN2O/c17-13-10-12(6-7-14(13)18)15(21)20-16(11-19)8-4-2-1-3-5-9-16/h6-7,10H,1-5,8-9H2,(H,20,21). The van der Waals surface area contributed by atoms with Crippen LogP contribution in [0.4, 0.5) is 4.39 Å². The maximum Gasteiger partial charge on any atom is 0.252 e. The first-order valence-electron chi connectivity index (χ1n) is 7.25. The Morgan fingerprint density at radius 2 is 1.86 bits per heavy atom. The van der Waals surface area contributed by atoms with Crippen LogP contribution in [0.2, 0.25) is 0 Å². The molecule has 1 aliphatic rings. The van der Waals surface area contributed by atoms with Gasteiger partial charge in [0.25, 0.3) is 5.91 Å². The highest BCUT2D eigenvalue weighted by atomic mass is 79.9. The summed E-state index contributed by atoms with van der Waals surface area (Å²) < 4.78 is 13.5.